The van der Waals surface area contributed by atoms with Gasteiger partial charge in [-0.1, -0.05) is 19.4 Å². The molecule has 0 aliphatic heterocycles. The van der Waals surface area contributed by atoms with Crippen molar-refractivity contribution >= 4 is 5.82 Å². The van der Waals surface area contributed by atoms with Crippen molar-refractivity contribution in [2.45, 2.75) is 26.7 Å². The van der Waals surface area contributed by atoms with Gasteiger partial charge in [-0.05, 0) is 31.0 Å². The summed E-state index contributed by atoms with van der Waals surface area (Å²) in [5.41, 5.74) is 8.15. The molecule has 0 spiro atoms. The molecule has 0 saturated heterocycles. The molecule has 2 aromatic rings. The number of aryl methyl sites for hydroxylation is 1. The molecule has 0 amide bonds. The lowest BCUT2D eigenvalue weighted by molar-refractivity contribution is 0.451. The number of benzene rings is 1. The summed E-state index contributed by atoms with van der Waals surface area (Å²) >= 11 is 0. The minimum absolute atomic E-state index is 0.436. The van der Waals surface area contributed by atoms with Crippen LogP contribution in [-0.4, -0.2) is 9.97 Å². The predicted octanol–water partition coefficient (Wildman–Crippen LogP) is 2.98. The first-order valence-electron chi connectivity index (χ1n) is 6.43. The van der Waals surface area contributed by atoms with E-state index in [9.17, 15) is 0 Å². The minimum atomic E-state index is 0.436. The number of ether oxygens (including phenoxy) is 1. The summed E-state index contributed by atoms with van der Waals surface area (Å²) in [6.07, 6.45) is 3.05. The lowest BCUT2D eigenvalue weighted by Crippen LogP contribution is -2.03. The molecule has 0 atom stereocenters. The van der Waals surface area contributed by atoms with Crippen LogP contribution in [0.1, 0.15) is 30.0 Å². The fourth-order valence-corrected chi connectivity index (χ4v) is 1.87. The summed E-state index contributed by atoms with van der Waals surface area (Å²) in [6.45, 7) is 3.97. The average Bonchev–Trinajstić information content (AvgIpc) is 2.45. The number of rotatable bonds is 4. The van der Waals surface area contributed by atoms with Crippen molar-refractivity contribution in [3.05, 3.63) is 41.2 Å². The fourth-order valence-electron chi connectivity index (χ4n) is 1.87. The molecule has 1 aromatic heterocycles. The SMILES string of the molecule is CCCc1c(N)ncnc1Oc1cc(C#N)ccc1C. The standard InChI is InChI=1S/C15H16N4O/c1-3-4-12-14(17)18-9-19-15(12)20-13-7-11(8-16)6-5-10(13)2/h5-7,9H,3-4H2,1-2H3,(H2,17,18,19). The van der Waals surface area contributed by atoms with Gasteiger partial charge in [-0.25, -0.2) is 9.97 Å². The monoisotopic (exact) mass is 268 g/mol. The maximum atomic E-state index is 8.95. The molecule has 1 heterocycles. The maximum absolute atomic E-state index is 8.95. The van der Waals surface area contributed by atoms with E-state index in [2.05, 4.69) is 23.0 Å². The maximum Gasteiger partial charge on any atom is 0.227 e. The highest BCUT2D eigenvalue weighted by Gasteiger charge is 2.12. The van der Waals surface area contributed by atoms with Crippen molar-refractivity contribution in [3.63, 3.8) is 0 Å². The van der Waals surface area contributed by atoms with Gasteiger partial charge < -0.3 is 10.5 Å². The van der Waals surface area contributed by atoms with Crippen LogP contribution in [-0.2, 0) is 6.42 Å². The Morgan fingerprint density at radius 2 is 2.15 bits per heavy atom. The Morgan fingerprint density at radius 3 is 2.85 bits per heavy atom. The van der Waals surface area contributed by atoms with Gasteiger partial charge in [0.1, 0.15) is 17.9 Å². The second kappa shape index (κ2) is 6.02. The zero-order valence-electron chi connectivity index (χ0n) is 11.6. The van der Waals surface area contributed by atoms with Crippen LogP contribution >= 0.6 is 0 Å². The van der Waals surface area contributed by atoms with Gasteiger partial charge in [-0.15, -0.1) is 0 Å². The third-order valence-electron chi connectivity index (χ3n) is 2.96. The summed E-state index contributed by atoms with van der Waals surface area (Å²) in [5.74, 6) is 1.50. The minimum Gasteiger partial charge on any atom is -0.438 e. The molecule has 5 heteroatoms. The number of nitrogen functional groups attached to an aromatic ring is 1. The first-order valence-corrected chi connectivity index (χ1v) is 6.43. The molecular formula is C15H16N4O. The molecular weight excluding hydrogens is 252 g/mol. The van der Waals surface area contributed by atoms with Gasteiger partial charge in [-0.2, -0.15) is 5.26 Å². The first kappa shape index (κ1) is 13.8. The largest absolute Gasteiger partial charge is 0.438 e. The molecule has 0 unspecified atom stereocenters. The Hall–Kier alpha value is -2.61. The van der Waals surface area contributed by atoms with Gasteiger partial charge in [0.2, 0.25) is 5.88 Å². The van der Waals surface area contributed by atoms with E-state index in [-0.39, 0.29) is 0 Å². The Morgan fingerprint density at radius 1 is 1.35 bits per heavy atom. The number of hydrogen-bond acceptors (Lipinski definition) is 5. The van der Waals surface area contributed by atoms with E-state index < -0.39 is 0 Å². The van der Waals surface area contributed by atoms with Crippen LogP contribution in [0.15, 0.2) is 24.5 Å². The number of aromatic nitrogens is 2. The number of hydrogen-bond donors (Lipinski definition) is 1. The topological polar surface area (TPSA) is 84.8 Å². The molecule has 1 aromatic carbocycles. The lowest BCUT2D eigenvalue weighted by Gasteiger charge is -2.12. The molecule has 2 N–H and O–H groups in total. The molecule has 0 radical (unpaired) electrons. The Bertz CT molecular complexity index is 661. The predicted molar refractivity (Wildman–Crippen MR) is 76.4 cm³/mol. The van der Waals surface area contributed by atoms with E-state index in [4.69, 9.17) is 15.7 Å². The van der Waals surface area contributed by atoms with Crippen molar-refractivity contribution in [1.82, 2.24) is 9.97 Å². The highest BCUT2D eigenvalue weighted by Crippen LogP contribution is 2.29. The van der Waals surface area contributed by atoms with Crippen LogP contribution in [0.2, 0.25) is 0 Å². The zero-order chi connectivity index (χ0) is 14.5. The van der Waals surface area contributed by atoms with Crippen molar-refractivity contribution in [2.75, 3.05) is 5.73 Å². The summed E-state index contributed by atoms with van der Waals surface area (Å²) in [6, 6.07) is 7.39. The van der Waals surface area contributed by atoms with Crippen molar-refractivity contribution in [2.24, 2.45) is 0 Å². The third-order valence-corrected chi connectivity index (χ3v) is 2.96. The molecule has 0 bridgehead atoms. The Kier molecular flexibility index (Phi) is 4.16. The molecule has 0 aliphatic rings. The molecule has 5 nitrogen and oxygen atoms in total. The molecule has 0 aliphatic carbocycles. The molecule has 0 saturated carbocycles. The first-order chi connectivity index (χ1) is 9.65. The van der Waals surface area contributed by atoms with E-state index in [1.54, 1.807) is 12.1 Å². The van der Waals surface area contributed by atoms with Crippen LogP contribution in [0.25, 0.3) is 0 Å². The summed E-state index contributed by atoms with van der Waals surface area (Å²) in [7, 11) is 0. The van der Waals surface area contributed by atoms with Crippen molar-refractivity contribution < 1.29 is 4.74 Å². The highest BCUT2D eigenvalue weighted by molar-refractivity contribution is 5.48. The Labute approximate surface area is 118 Å². The van der Waals surface area contributed by atoms with E-state index >= 15 is 0 Å². The van der Waals surface area contributed by atoms with E-state index in [1.165, 1.54) is 6.33 Å². The van der Waals surface area contributed by atoms with Gasteiger partial charge in [0.25, 0.3) is 0 Å². The number of nitriles is 1. The molecule has 20 heavy (non-hydrogen) atoms. The highest BCUT2D eigenvalue weighted by atomic mass is 16.5. The zero-order valence-corrected chi connectivity index (χ0v) is 11.6. The molecule has 0 fully saturated rings. The summed E-state index contributed by atoms with van der Waals surface area (Å²) in [4.78, 5) is 8.14. The Balaban J connectivity index is 2.40. The van der Waals surface area contributed by atoms with Gasteiger partial charge in [0.05, 0.1) is 17.2 Å². The van der Waals surface area contributed by atoms with Crippen LogP contribution in [0, 0.1) is 18.3 Å². The fraction of sp³-hybridized carbons (Fsp3) is 0.267. The van der Waals surface area contributed by atoms with Crippen LogP contribution in [0.3, 0.4) is 0 Å². The number of anilines is 1. The second-order valence-electron chi connectivity index (χ2n) is 4.49. The van der Waals surface area contributed by atoms with Gasteiger partial charge >= 0.3 is 0 Å². The summed E-state index contributed by atoms with van der Waals surface area (Å²) in [5, 5.41) is 8.95. The van der Waals surface area contributed by atoms with Crippen LogP contribution in [0.5, 0.6) is 11.6 Å². The van der Waals surface area contributed by atoms with Gasteiger partial charge in [0.15, 0.2) is 0 Å². The van der Waals surface area contributed by atoms with Gasteiger partial charge in [-0.3, -0.25) is 0 Å². The second-order valence-corrected chi connectivity index (χ2v) is 4.49. The van der Waals surface area contributed by atoms with E-state index in [0.29, 0.717) is 23.0 Å². The number of nitrogens with two attached hydrogens (primary N) is 1. The van der Waals surface area contributed by atoms with Crippen molar-refractivity contribution in [3.8, 4) is 17.7 Å². The summed E-state index contributed by atoms with van der Waals surface area (Å²) < 4.78 is 5.83. The van der Waals surface area contributed by atoms with E-state index in [1.807, 2.05) is 13.0 Å². The van der Waals surface area contributed by atoms with Crippen LogP contribution in [0.4, 0.5) is 5.82 Å². The quantitative estimate of drug-likeness (QED) is 0.921. The third kappa shape index (κ3) is 2.86. The number of nitrogens with zero attached hydrogens (tertiary/aromatic N) is 3. The van der Waals surface area contributed by atoms with Crippen LogP contribution < -0.4 is 10.5 Å². The van der Waals surface area contributed by atoms with E-state index in [0.717, 1.165) is 24.0 Å². The average molecular weight is 268 g/mol. The molecule has 2 rings (SSSR count). The molecule has 102 valence electrons. The smallest absolute Gasteiger partial charge is 0.227 e. The lowest BCUT2D eigenvalue weighted by atomic mass is 10.1. The van der Waals surface area contributed by atoms with Gasteiger partial charge in [0, 0.05) is 0 Å². The van der Waals surface area contributed by atoms with Crippen molar-refractivity contribution in [1.29, 1.82) is 5.26 Å². The normalized spacial score (nSPS) is 10.1.